The Morgan fingerprint density at radius 3 is 1.89 bits per heavy atom. The largest absolute Gasteiger partial charge is 0.573 e. The molecule has 374 valence electrons. The lowest BCUT2D eigenvalue weighted by Gasteiger charge is -2.31. The molecule has 21 heteroatoms. The number of hydrogen-bond acceptors (Lipinski definition) is 10. The van der Waals surface area contributed by atoms with E-state index >= 15 is 4.39 Å². The van der Waals surface area contributed by atoms with Crippen molar-refractivity contribution in [3.05, 3.63) is 96.1 Å². The second-order valence-electron chi connectivity index (χ2n) is 18.6. The zero-order valence-electron chi connectivity index (χ0n) is 39.7. The quantitative estimate of drug-likeness (QED) is 0.0858. The number of imidazole rings is 2. The van der Waals surface area contributed by atoms with Crippen molar-refractivity contribution in [2.24, 2.45) is 11.8 Å². The van der Waals surface area contributed by atoms with E-state index in [-0.39, 0.29) is 46.6 Å². The maximum absolute atomic E-state index is 16.9. The van der Waals surface area contributed by atoms with Gasteiger partial charge in [-0.1, -0.05) is 45.9 Å². The molecule has 3 aromatic carbocycles. The van der Waals surface area contributed by atoms with Gasteiger partial charge in [-0.15, -0.1) is 13.2 Å². The molecule has 0 radical (unpaired) electrons. The number of nitrogens with zero attached hydrogens (tertiary/aromatic N) is 5. The number of nitrogens with one attached hydrogen (secondary N) is 4. The predicted octanol–water partition coefficient (Wildman–Crippen LogP) is 9.15. The molecule has 6 aromatic rings. The summed E-state index contributed by atoms with van der Waals surface area (Å²) >= 11 is 0. The molecule has 2 saturated heterocycles. The third kappa shape index (κ3) is 9.56. The van der Waals surface area contributed by atoms with Gasteiger partial charge in [0.25, 0.3) is 0 Å². The van der Waals surface area contributed by atoms with Crippen LogP contribution in [-0.2, 0) is 19.1 Å². The van der Waals surface area contributed by atoms with Crippen molar-refractivity contribution in [1.82, 2.24) is 44.9 Å². The Balaban J connectivity index is 1.06. The first-order chi connectivity index (χ1) is 33.9. The molecule has 3 aliphatic heterocycles. The van der Waals surface area contributed by atoms with Crippen LogP contribution < -0.4 is 20.1 Å². The summed E-state index contributed by atoms with van der Waals surface area (Å²) in [6.45, 7) is 8.23. The molecule has 71 heavy (non-hydrogen) atoms. The van der Waals surface area contributed by atoms with E-state index in [9.17, 15) is 32.3 Å². The number of fused-ring (bicyclic) bond motifs is 5. The van der Waals surface area contributed by atoms with E-state index in [0.717, 1.165) is 6.42 Å². The van der Waals surface area contributed by atoms with E-state index in [4.69, 9.17) is 14.2 Å². The van der Waals surface area contributed by atoms with Crippen molar-refractivity contribution in [1.29, 1.82) is 0 Å². The van der Waals surface area contributed by atoms with Gasteiger partial charge in [-0.3, -0.25) is 9.59 Å². The van der Waals surface area contributed by atoms with Gasteiger partial charge in [-0.2, -0.15) is 0 Å². The fourth-order valence-corrected chi connectivity index (χ4v) is 9.87. The number of alkyl carbamates (subject to hydrolysis) is 2. The average Bonchev–Trinajstić information content (AvgIpc) is 4.20. The van der Waals surface area contributed by atoms with Crippen LogP contribution in [0.15, 0.2) is 73.1 Å². The number of alkyl halides is 3. The standard InChI is InChI=1S/C50H53F4N9O8/c1-25(2)41(59-48(66)68-5)45(64)61-16-8-12-36(61)43-55-23-33(57-43)27-14-15-35-30(18-27)21-38-40-32(51)20-29(22-39(40)70-47(63(35)38)28-10-7-11-31(19-28)71-50(52,53)54)34-24-56-44(58-34)37-13-9-17-62(37)46(65)42(26(3)4)60-49(67)69-6/h7,10-11,14-15,18-26,36-37,41-42,47H,8-9,12-13,16-17H2,1-6H3,(H,55,57)(H,56,58)(H,59,66)(H,60,67)/t36-,37-,41+,42+,47?/m0/s1. The second-order valence-corrected chi connectivity index (χ2v) is 18.6. The minimum absolute atomic E-state index is 0.112. The van der Waals surface area contributed by atoms with Crippen LogP contribution in [0.4, 0.5) is 27.2 Å². The maximum Gasteiger partial charge on any atom is 0.573 e. The smallest absolute Gasteiger partial charge is 0.465 e. The lowest BCUT2D eigenvalue weighted by Crippen LogP contribution is -2.51. The molecule has 3 aliphatic rings. The van der Waals surface area contributed by atoms with Crippen LogP contribution in [0.1, 0.15) is 88.9 Å². The third-order valence-electron chi connectivity index (χ3n) is 13.3. The fourth-order valence-electron chi connectivity index (χ4n) is 9.87. The number of benzene rings is 3. The lowest BCUT2D eigenvalue weighted by molar-refractivity contribution is -0.274. The van der Waals surface area contributed by atoms with Crippen LogP contribution in [0.25, 0.3) is 44.7 Å². The molecular formula is C50H53F4N9O8. The maximum atomic E-state index is 16.9. The molecule has 4 N–H and O–H groups in total. The Bertz CT molecular complexity index is 3000. The zero-order valence-corrected chi connectivity index (χ0v) is 39.7. The number of amides is 4. The van der Waals surface area contributed by atoms with Gasteiger partial charge >= 0.3 is 18.5 Å². The van der Waals surface area contributed by atoms with Crippen molar-refractivity contribution < 1.29 is 55.7 Å². The minimum atomic E-state index is -4.96. The average molecular weight is 984 g/mol. The predicted molar refractivity (Wildman–Crippen MR) is 250 cm³/mol. The Hall–Kier alpha value is -7.58. The van der Waals surface area contributed by atoms with Gasteiger partial charge < -0.3 is 53.9 Å². The number of carbonyl (C=O) groups is 4. The van der Waals surface area contributed by atoms with Gasteiger partial charge in [0.05, 0.1) is 66.9 Å². The highest BCUT2D eigenvalue weighted by Crippen LogP contribution is 2.48. The van der Waals surface area contributed by atoms with Gasteiger partial charge in [-0.05, 0) is 80.0 Å². The molecule has 6 heterocycles. The minimum Gasteiger partial charge on any atom is -0.465 e. The van der Waals surface area contributed by atoms with Crippen LogP contribution in [0.2, 0.25) is 0 Å². The second kappa shape index (κ2) is 19.3. The van der Waals surface area contributed by atoms with Crippen molar-refractivity contribution in [2.45, 2.75) is 90.1 Å². The summed E-state index contributed by atoms with van der Waals surface area (Å²) in [4.78, 5) is 71.2. The van der Waals surface area contributed by atoms with Crippen molar-refractivity contribution in [3.63, 3.8) is 0 Å². The number of aromatic amines is 2. The first-order valence-corrected chi connectivity index (χ1v) is 23.3. The molecule has 1 unspecified atom stereocenters. The van der Waals surface area contributed by atoms with E-state index in [1.54, 1.807) is 38.8 Å². The summed E-state index contributed by atoms with van der Waals surface area (Å²) in [5, 5.41) is 5.95. The van der Waals surface area contributed by atoms with Gasteiger partial charge in [0.1, 0.15) is 41.0 Å². The Labute approximate surface area is 405 Å². The van der Waals surface area contributed by atoms with E-state index in [0.29, 0.717) is 83.1 Å². The van der Waals surface area contributed by atoms with E-state index < -0.39 is 54.5 Å². The van der Waals surface area contributed by atoms with Crippen LogP contribution in [-0.4, -0.2) is 104 Å². The van der Waals surface area contributed by atoms with Gasteiger partial charge in [0.15, 0.2) is 0 Å². The molecule has 0 saturated carbocycles. The molecule has 0 bridgehead atoms. The highest BCUT2D eigenvalue weighted by Gasteiger charge is 2.40. The first kappa shape index (κ1) is 48.4. The molecule has 0 spiro atoms. The number of methoxy groups -OCH3 is 2. The number of H-pyrrole nitrogens is 2. The van der Waals surface area contributed by atoms with Gasteiger partial charge in [0, 0.05) is 35.2 Å². The molecule has 9 rings (SSSR count). The summed E-state index contributed by atoms with van der Waals surface area (Å²) in [6.07, 6.45) is -1.62. The van der Waals surface area contributed by atoms with Gasteiger partial charge in [0.2, 0.25) is 18.0 Å². The van der Waals surface area contributed by atoms with E-state index in [1.165, 1.54) is 44.7 Å². The zero-order chi connectivity index (χ0) is 50.5. The van der Waals surface area contributed by atoms with Crippen molar-refractivity contribution in [2.75, 3.05) is 27.3 Å². The topological polar surface area (TPSA) is 198 Å². The molecular weight excluding hydrogens is 931 g/mol. The monoisotopic (exact) mass is 983 g/mol. The molecule has 0 aliphatic carbocycles. The van der Waals surface area contributed by atoms with Crippen LogP contribution >= 0.6 is 0 Å². The number of likely N-dealkylation sites (tertiary alicyclic amines) is 2. The molecule has 5 atom stereocenters. The Morgan fingerprint density at radius 1 is 0.761 bits per heavy atom. The summed E-state index contributed by atoms with van der Waals surface area (Å²) in [5.41, 5.74) is 3.53. The van der Waals surface area contributed by atoms with Crippen LogP contribution in [0, 0.1) is 17.7 Å². The summed E-state index contributed by atoms with van der Waals surface area (Å²) in [5.74, 6) is -0.950. The molecule has 2 fully saturated rings. The molecule has 17 nitrogen and oxygen atoms in total. The summed E-state index contributed by atoms with van der Waals surface area (Å²) in [6, 6.07) is 13.3. The lowest BCUT2D eigenvalue weighted by atomic mass is 10.0. The SMILES string of the molecule is COC(=O)N[C@@H](C(=O)N1CCC[C@H]1c1ncc(-c2cc(F)c3c(c2)OC(c2cccc(OC(F)(F)F)c2)n2c-3cc3cc(-c4cnc([C@@H]5CCCN5C(=O)[C@H](NC(=O)OC)C(C)C)[nH]4)ccc32)[nH]1)C(C)C. The normalized spacial score (nSPS) is 18.5. The van der Waals surface area contributed by atoms with Crippen molar-refractivity contribution >= 4 is 34.9 Å². The third-order valence-corrected chi connectivity index (χ3v) is 13.3. The number of hydrogen-bond donors (Lipinski definition) is 4. The van der Waals surface area contributed by atoms with Gasteiger partial charge in [-0.25, -0.2) is 23.9 Å². The highest BCUT2D eigenvalue weighted by molar-refractivity contribution is 5.93. The Morgan fingerprint density at radius 2 is 1.34 bits per heavy atom. The summed E-state index contributed by atoms with van der Waals surface area (Å²) < 4.78 is 79.6. The van der Waals surface area contributed by atoms with Crippen molar-refractivity contribution in [3.8, 4) is 45.3 Å². The number of ether oxygens (including phenoxy) is 4. The van der Waals surface area contributed by atoms with Crippen LogP contribution in [0.5, 0.6) is 11.5 Å². The number of halogens is 4. The van der Waals surface area contributed by atoms with E-state index in [2.05, 4.69) is 35.3 Å². The number of carbonyl (C=O) groups excluding carboxylic acids is 4. The Kier molecular flexibility index (Phi) is 13.2. The number of aromatic nitrogens is 5. The van der Waals surface area contributed by atoms with E-state index in [1.807, 2.05) is 45.9 Å². The molecule has 4 amide bonds. The first-order valence-electron chi connectivity index (χ1n) is 23.3. The summed E-state index contributed by atoms with van der Waals surface area (Å²) in [7, 11) is 2.47. The highest BCUT2D eigenvalue weighted by atomic mass is 19.4. The fraction of sp³-hybridized carbons (Fsp3) is 0.400. The number of rotatable bonds is 12. The molecule has 3 aromatic heterocycles. The van der Waals surface area contributed by atoms with Crippen LogP contribution in [0.3, 0.4) is 0 Å².